The quantitative estimate of drug-likeness (QED) is 0.601. The third kappa shape index (κ3) is 4.09. The number of rotatable bonds is 6. The van der Waals surface area contributed by atoms with Crippen molar-refractivity contribution in [1.82, 2.24) is 0 Å². The summed E-state index contributed by atoms with van der Waals surface area (Å²) in [5, 5.41) is 0.393. The van der Waals surface area contributed by atoms with Crippen LogP contribution in [0.15, 0.2) is 48.5 Å². The Bertz CT molecular complexity index is 668. The van der Waals surface area contributed by atoms with Crippen LogP contribution in [0, 0.1) is 0 Å². The lowest BCUT2D eigenvalue weighted by atomic mass is 10.1. The first-order valence-electron chi connectivity index (χ1n) is 6.79. The predicted octanol–water partition coefficient (Wildman–Crippen LogP) is 3.78. The minimum atomic E-state index is -0.643. The van der Waals surface area contributed by atoms with E-state index in [1.807, 2.05) is 13.0 Å². The molecule has 114 valence electrons. The van der Waals surface area contributed by atoms with Gasteiger partial charge in [-0.2, -0.15) is 0 Å². The van der Waals surface area contributed by atoms with Gasteiger partial charge in [0.25, 0.3) is 0 Å². The lowest BCUT2D eigenvalue weighted by Gasteiger charge is -2.10. The van der Waals surface area contributed by atoms with Gasteiger partial charge >= 0.3 is 5.97 Å². The molecule has 0 N–H and O–H groups in total. The zero-order chi connectivity index (χ0) is 15.9. The molecule has 0 aliphatic carbocycles. The Morgan fingerprint density at radius 2 is 1.82 bits per heavy atom. The molecule has 0 aromatic heterocycles. The highest BCUT2D eigenvalue weighted by Crippen LogP contribution is 2.23. The van der Waals surface area contributed by atoms with Crippen LogP contribution in [0.25, 0.3) is 0 Å². The highest BCUT2D eigenvalue weighted by atomic mass is 35.5. The van der Waals surface area contributed by atoms with Crippen molar-refractivity contribution < 1.29 is 19.1 Å². The monoisotopic (exact) mass is 318 g/mol. The van der Waals surface area contributed by atoms with Crippen molar-refractivity contribution in [3.05, 3.63) is 64.7 Å². The number of halogens is 1. The van der Waals surface area contributed by atoms with Gasteiger partial charge in [0.05, 0.1) is 6.61 Å². The Morgan fingerprint density at radius 1 is 1.09 bits per heavy atom. The first-order chi connectivity index (χ1) is 10.6. The lowest BCUT2D eigenvalue weighted by molar-refractivity contribution is 0.0471. The Balaban J connectivity index is 2.06. The van der Waals surface area contributed by atoms with Crippen LogP contribution in [0.4, 0.5) is 0 Å². The molecule has 5 heteroatoms. The van der Waals surface area contributed by atoms with Gasteiger partial charge in [-0.25, -0.2) is 4.79 Å². The highest BCUT2D eigenvalue weighted by molar-refractivity contribution is 6.31. The Morgan fingerprint density at radius 3 is 2.50 bits per heavy atom. The maximum absolute atomic E-state index is 12.1. The molecule has 0 fully saturated rings. The van der Waals surface area contributed by atoms with Gasteiger partial charge in [0.1, 0.15) is 11.3 Å². The van der Waals surface area contributed by atoms with Crippen molar-refractivity contribution in [2.24, 2.45) is 0 Å². The van der Waals surface area contributed by atoms with Crippen molar-refractivity contribution in [2.45, 2.75) is 6.92 Å². The Hall–Kier alpha value is -2.33. The summed E-state index contributed by atoms with van der Waals surface area (Å²) in [7, 11) is 0. The second-order valence-electron chi connectivity index (χ2n) is 4.44. The molecule has 0 amide bonds. The summed E-state index contributed by atoms with van der Waals surface area (Å²) in [6.45, 7) is 1.88. The number of ketones is 1. The molecule has 22 heavy (non-hydrogen) atoms. The molecule has 0 aliphatic heterocycles. The molecule has 0 heterocycles. The average Bonchev–Trinajstić information content (AvgIpc) is 2.55. The van der Waals surface area contributed by atoms with E-state index < -0.39 is 5.97 Å². The van der Waals surface area contributed by atoms with Gasteiger partial charge < -0.3 is 9.47 Å². The zero-order valence-corrected chi connectivity index (χ0v) is 12.8. The standard InChI is InChI=1S/C17H15ClO4/c1-2-21-16-9-8-13(18)10-14(16)17(20)22-11-15(19)12-6-4-3-5-7-12/h3-10H,2,11H2,1H3. The molecular formula is C17H15ClO4. The summed E-state index contributed by atoms with van der Waals surface area (Å²) in [6.07, 6.45) is 0. The summed E-state index contributed by atoms with van der Waals surface area (Å²) in [4.78, 5) is 24.0. The predicted molar refractivity (Wildman–Crippen MR) is 83.7 cm³/mol. The third-order valence-electron chi connectivity index (χ3n) is 2.89. The first kappa shape index (κ1) is 16.0. The fourth-order valence-corrected chi connectivity index (χ4v) is 2.03. The van der Waals surface area contributed by atoms with Crippen LogP contribution in [0.1, 0.15) is 27.6 Å². The SMILES string of the molecule is CCOc1ccc(Cl)cc1C(=O)OCC(=O)c1ccccc1. The number of ether oxygens (including phenoxy) is 2. The van der Waals surface area contributed by atoms with E-state index >= 15 is 0 Å². The molecule has 0 spiro atoms. The zero-order valence-electron chi connectivity index (χ0n) is 12.0. The van der Waals surface area contributed by atoms with Crippen LogP contribution >= 0.6 is 11.6 Å². The van der Waals surface area contributed by atoms with E-state index in [1.165, 1.54) is 6.07 Å². The molecule has 0 atom stereocenters. The van der Waals surface area contributed by atoms with Gasteiger partial charge in [-0.05, 0) is 25.1 Å². The van der Waals surface area contributed by atoms with E-state index in [0.717, 1.165) is 0 Å². The molecule has 0 aliphatic rings. The number of carbonyl (C=O) groups is 2. The van der Waals surface area contributed by atoms with E-state index in [9.17, 15) is 9.59 Å². The molecule has 2 rings (SSSR count). The fraction of sp³-hybridized carbons (Fsp3) is 0.176. The lowest BCUT2D eigenvalue weighted by Crippen LogP contribution is -2.15. The number of hydrogen-bond donors (Lipinski definition) is 0. The van der Waals surface area contributed by atoms with Crippen molar-refractivity contribution in [1.29, 1.82) is 0 Å². The molecule has 2 aromatic carbocycles. The summed E-state index contributed by atoms with van der Waals surface area (Å²) in [5.41, 5.74) is 0.696. The van der Waals surface area contributed by atoms with Crippen molar-refractivity contribution in [3.63, 3.8) is 0 Å². The van der Waals surface area contributed by atoms with Gasteiger partial charge in [-0.1, -0.05) is 41.9 Å². The van der Waals surface area contributed by atoms with Crippen molar-refractivity contribution in [3.8, 4) is 5.75 Å². The first-order valence-corrected chi connectivity index (χ1v) is 7.17. The van der Waals surface area contributed by atoms with Gasteiger partial charge in [0.15, 0.2) is 12.4 Å². The summed E-state index contributed by atoms with van der Waals surface area (Å²) < 4.78 is 10.4. The molecule has 0 radical (unpaired) electrons. The molecule has 0 saturated carbocycles. The van der Waals surface area contributed by atoms with Gasteiger partial charge in [0.2, 0.25) is 0 Å². The van der Waals surface area contributed by atoms with Crippen molar-refractivity contribution in [2.75, 3.05) is 13.2 Å². The maximum Gasteiger partial charge on any atom is 0.342 e. The second kappa shape index (κ2) is 7.61. The van der Waals surface area contributed by atoms with E-state index in [-0.39, 0.29) is 18.0 Å². The van der Waals surface area contributed by atoms with Crippen LogP contribution < -0.4 is 4.74 Å². The number of hydrogen-bond acceptors (Lipinski definition) is 4. The number of benzene rings is 2. The minimum absolute atomic E-state index is 0.204. The molecule has 0 saturated heterocycles. The Kier molecular flexibility index (Phi) is 5.55. The number of esters is 1. The number of Topliss-reactive ketones (excluding diaryl/α,β-unsaturated/α-hetero) is 1. The second-order valence-corrected chi connectivity index (χ2v) is 4.88. The van der Waals surface area contributed by atoms with E-state index in [0.29, 0.717) is 22.9 Å². The van der Waals surface area contributed by atoms with Crippen molar-refractivity contribution >= 4 is 23.4 Å². The fourth-order valence-electron chi connectivity index (χ4n) is 1.86. The maximum atomic E-state index is 12.1. The summed E-state index contributed by atoms with van der Waals surface area (Å²) >= 11 is 5.89. The van der Waals surface area contributed by atoms with Gasteiger partial charge in [-0.3, -0.25) is 4.79 Å². The topological polar surface area (TPSA) is 52.6 Å². The minimum Gasteiger partial charge on any atom is -0.493 e. The van der Waals surface area contributed by atoms with Crippen LogP contribution in [-0.2, 0) is 4.74 Å². The Labute approximate surface area is 133 Å². The summed E-state index contributed by atoms with van der Waals surface area (Å²) in [6, 6.07) is 13.3. The average molecular weight is 319 g/mol. The molecule has 2 aromatic rings. The number of carbonyl (C=O) groups excluding carboxylic acids is 2. The van der Waals surface area contributed by atoms with Crippen LogP contribution in [0.2, 0.25) is 5.02 Å². The molecule has 4 nitrogen and oxygen atoms in total. The van der Waals surface area contributed by atoms with Gasteiger partial charge in [-0.15, -0.1) is 0 Å². The van der Waals surface area contributed by atoms with E-state index in [1.54, 1.807) is 36.4 Å². The van der Waals surface area contributed by atoms with E-state index in [4.69, 9.17) is 21.1 Å². The smallest absolute Gasteiger partial charge is 0.342 e. The van der Waals surface area contributed by atoms with Crippen LogP contribution in [0.5, 0.6) is 5.75 Å². The van der Waals surface area contributed by atoms with E-state index in [2.05, 4.69) is 0 Å². The van der Waals surface area contributed by atoms with Crippen LogP contribution in [0.3, 0.4) is 0 Å². The van der Waals surface area contributed by atoms with Crippen LogP contribution in [-0.4, -0.2) is 25.0 Å². The molecule has 0 unspecified atom stereocenters. The molecule has 0 bridgehead atoms. The molecular weight excluding hydrogens is 304 g/mol. The normalized spacial score (nSPS) is 10.1. The largest absolute Gasteiger partial charge is 0.493 e. The summed E-state index contributed by atoms with van der Waals surface area (Å²) in [5.74, 6) is -0.534. The van der Waals surface area contributed by atoms with Gasteiger partial charge in [0, 0.05) is 10.6 Å². The third-order valence-corrected chi connectivity index (χ3v) is 3.13. The highest BCUT2D eigenvalue weighted by Gasteiger charge is 2.16.